The van der Waals surface area contributed by atoms with Gasteiger partial charge in [0.05, 0.1) is 7.11 Å². The van der Waals surface area contributed by atoms with Crippen LogP contribution in [0.1, 0.15) is 0 Å². The number of ether oxygens (including phenoxy) is 1. The Hall–Kier alpha value is -1.36. The van der Waals surface area contributed by atoms with E-state index in [1.54, 1.807) is 0 Å². The summed E-state index contributed by atoms with van der Waals surface area (Å²) in [6, 6.07) is 0. The first-order valence-electron chi connectivity index (χ1n) is 2.87. The molecule has 0 saturated carbocycles. The van der Waals surface area contributed by atoms with Crippen LogP contribution in [0.2, 0.25) is 0 Å². The fourth-order valence-corrected chi connectivity index (χ4v) is 0.572. The molecule has 0 fully saturated rings. The third-order valence-electron chi connectivity index (χ3n) is 0.862. The zero-order valence-corrected chi connectivity index (χ0v) is 7.18. The molecule has 0 aliphatic heterocycles. The van der Waals surface area contributed by atoms with E-state index in [1.807, 2.05) is 0 Å². The molecule has 0 aliphatic carbocycles. The Morgan fingerprint density at radius 1 is 1.83 bits per heavy atom. The number of rotatable bonds is 4. The van der Waals surface area contributed by atoms with Crippen LogP contribution in [0.3, 0.4) is 0 Å². The van der Waals surface area contributed by atoms with Gasteiger partial charge in [-0.1, -0.05) is 11.6 Å². The molecular weight excluding hydrogens is 182 g/mol. The lowest BCUT2D eigenvalue weighted by molar-refractivity contribution is -0.132. The van der Waals surface area contributed by atoms with E-state index in [0.29, 0.717) is 0 Å². The number of hydrogen-bond donors (Lipinski definition) is 2. The monoisotopic (exact) mass is 189 g/mol. The average Bonchev–Trinajstić information content (AvgIpc) is 2.03. The van der Waals surface area contributed by atoms with Crippen molar-refractivity contribution in [2.24, 2.45) is 5.10 Å². The zero-order chi connectivity index (χ0) is 9.56. The van der Waals surface area contributed by atoms with Crippen molar-refractivity contribution in [3.8, 4) is 0 Å². The highest BCUT2D eigenvalue weighted by atomic mass is 35.5. The van der Waals surface area contributed by atoms with Crippen LogP contribution in [0.15, 0.2) is 16.3 Å². The fraction of sp³-hybridized carbons (Fsp3) is 0.167. The normalized spacial score (nSPS) is 10.3. The maximum Gasteiger partial charge on any atom is 0.356 e. The third kappa shape index (κ3) is 3.72. The van der Waals surface area contributed by atoms with E-state index < -0.39 is 5.97 Å². The van der Waals surface area contributed by atoms with Crippen LogP contribution in [-0.2, 0) is 9.53 Å². The molecule has 0 aromatic rings. The van der Waals surface area contributed by atoms with Crippen molar-refractivity contribution in [2.45, 2.75) is 0 Å². The summed E-state index contributed by atoms with van der Waals surface area (Å²) in [5, 5.41) is 10.3. The van der Waals surface area contributed by atoms with Crippen LogP contribution < -0.4 is 5.43 Å². The lowest BCUT2D eigenvalue weighted by atomic mass is 10.4. The molecule has 12 heavy (non-hydrogen) atoms. The molecule has 66 valence electrons. The van der Waals surface area contributed by atoms with E-state index in [0.717, 1.165) is 6.08 Å². The molecule has 0 rings (SSSR count). The van der Waals surface area contributed by atoms with Gasteiger partial charge in [-0.2, -0.15) is 5.10 Å². The van der Waals surface area contributed by atoms with Gasteiger partial charge in [0.1, 0.15) is 10.9 Å². The summed E-state index contributed by atoms with van der Waals surface area (Å²) in [5.74, 6) is -0.765. The Morgan fingerprint density at radius 3 is 2.83 bits per heavy atom. The van der Waals surface area contributed by atoms with Gasteiger partial charge in [0.25, 0.3) is 0 Å². The van der Waals surface area contributed by atoms with E-state index in [4.69, 9.17) is 17.0 Å². The number of nitrogens with zero attached hydrogens (tertiary/aromatic N) is 1. The summed E-state index contributed by atoms with van der Waals surface area (Å²) < 4.78 is 4.25. The second-order valence-corrected chi connectivity index (χ2v) is 2.07. The minimum absolute atomic E-state index is 0.0281. The van der Waals surface area contributed by atoms with Gasteiger partial charge in [0.2, 0.25) is 0 Å². The Labute approximate surface area is 74.6 Å². The van der Waals surface area contributed by atoms with Crippen LogP contribution in [0.5, 0.6) is 0 Å². The van der Waals surface area contributed by atoms with Gasteiger partial charge in [-0.25, -0.2) is 4.79 Å². The van der Waals surface area contributed by atoms with Crippen LogP contribution in [0, 0.1) is 5.41 Å². The van der Waals surface area contributed by atoms with Crippen LogP contribution in [0.25, 0.3) is 0 Å². The molecule has 0 heterocycles. The smallest absolute Gasteiger partial charge is 0.356 e. The van der Waals surface area contributed by atoms with Crippen molar-refractivity contribution in [1.29, 1.82) is 5.41 Å². The highest BCUT2D eigenvalue weighted by Gasteiger charge is 2.06. The Morgan fingerprint density at radius 2 is 2.42 bits per heavy atom. The van der Waals surface area contributed by atoms with E-state index in [-0.39, 0.29) is 10.9 Å². The maximum absolute atomic E-state index is 10.6. The first-order chi connectivity index (χ1) is 5.61. The van der Waals surface area contributed by atoms with E-state index in [9.17, 15) is 4.79 Å². The maximum atomic E-state index is 10.6. The van der Waals surface area contributed by atoms with Crippen molar-refractivity contribution in [2.75, 3.05) is 7.11 Å². The Bertz CT molecular complexity index is 237. The molecule has 0 spiro atoms. The predicted octanol–water partition coefficient (Wildman–Crippen LogP) is 0.465. The Balaban J connectivity index is 4.22. The van der Waals surface area contributed by atoms with Gasteiger partial charge < -0.3 is 4.74 Å². The number of esters is 1. The number of halogens is 1. The van der Waals surface area contributed by atoms with Crippen molar-refractivity contribution in [3.05, 3.63) is 11.2 Å². The van der Waals surface area contributed by atoms with Gasteiger partial charge in [-0.3, -0.25) is 10.8 Å². The standard InChI is InChI=1S/C6H8ClN3O2/c1-9-10-5(7)3-4(8)6(11)12-2/h3,8,10H,1H2,2H3/b5-3-,8-4?. The minimum Gasteiger partial charge on any atom is -0.464 e. The SMILES string of the molecule is C=NN/C(Cl)=C\C(=N)C(=O)OC. The van der Waals surface area contributed by atoms with Gasteiger partial charge >= 0.3 is 5.97 Å². The topological polar surface area (TPSA) is 74.5 Å². The summed E-state index contributed by atoms with van der Waals surface area (Å²) in [4.78, 5) is 10.6. The molecule has 0 aliphatic rings. The summed E-state index contributed by atoms with van der Waals surface area (Å²) >= 11 is 5.44. The fourth-order valence-electron chi connectivity index (χ4n) is 0.403. The first kappa shape index (κ1) is 10.6. The lowest BCUT2D eigenvalue weighted by Gasteiger charge is -1.97. The number of nitrogens with one attached hydrogen (secondary N) is 2. The highest BCUT2D eigenvalue weighted by Crippen LogP contribution is 1.96. The molecule has 0 unspecified atom stereocenters. The van der Waals surface area contributed by atoms with Gasteiger partial charge in [0.15, 0.2) is 0 Å². The van der Waals surface area contributed by atoms with Crippen LogP contribution in [0.4, 0.5) is 0 Å². The second-order valence-electron chi connectivity index (χ2n) is 1.67. The van der Waals surface area contributed by atoms with Crippen molar-refractivity contribution < 1.29 is 9.53 Å². The molecular formula is C6H8ClN3O2. The number of carbonyl (C=O) groups is 1. The largest absolute Gasteiger partial charge is 0.464 e. The molecule has 6 heteroatoms. The number of methoxy groups -OCH3 is 1. The number of carbonyl (C=O) groups excluding carboxylic acids is 1. The molecule has 0 bridgehead atoms. The Kier molecular flexibility index (Phi) is 4.71. The van der Waals surface area contributed by atoms with Crippen molar-refractivity contribution in [3.63, 3.8) is 0 Å². The first-order valence-corrected chi connectivity index (χ1v) is 3.25. The minimum atomic E-state index is -0.765. The quantitative estimate of drug-likeness (QED) is 0.292. The van der Waals surface area contributed by atoms with Crippen LogP contribution >= 0.6 is 11.6 Å². The average molecular weight is 190 g/mol. The van der Waals surface area contributed by atoms with E-state index in [2.05, 4.69) is 22.0 Å². The second kappa shape index (κ2) is 5.31. The molecule has 0 saturated heterocycles. The lowest BCUT2D eigenvalue weighted by Crippen LogP contribution is -2.13. The molecule has 5 nitrogen and oxygen atoms in total. The number of hydrogen-bond acceptors (Lipinski definition) is 5. The third-order valence-corrected chi connectivity index (χ3v) is 1.06. The zero-order valence-electron chi connectivity index (χ0n) is 6.43. The van der Waals surface area contributed by atoms with Crippen molar-refractivity contribution in [1.82, 2.24) is 5.43 Å². The number of hydrazone groups is 1. The van der Waals surface area contributed by atoms with E-state index >= 15 is 0 Å². The highest BCUT2D eigenvalue weighted by molar-refractivity contribution is 6.42. The molecule has 0 atom stereocenters. The molecule has 0 aromatic carbocycles. The molecule has 0 aromatic heterocycles. The predicted molar refractivity (Wildman–Crippen MR) is 46.4 cm³/mol. The summed E-state index contributed by atoms with van der Waals surface area (Å²) in [6.07, 6.45) is 1.07. The van der Waals surface area contributed by atoms with Crippen molar-refractivity contribution >= 4 is 30.0 Å². The van der Waals surface area contributed by atoms with Crippen LogP contribution in [-0.4, -0.2) is 25.5 Å². The van der Waals surface area contributed by atoms with Gasteiger partial charge in [-0.15, -0.1) is 0 Å². The molecule has 0 amide bonds. The molecule has 0 radical (unpaired) electrons. The molecule has 2 N–H and O–H groups in total. The summed E-state index contributed by atoms with van der Waals surface area (Å²) in [7, 11) is 1.18. The summed E-state index contributed by atoms with van der Waals surface area (Å²) in [6.45, 7) is 3.10. The summed E-state index contributed by atoms with van der Waals surface area (Å²) in [5.41, 5.74) is 1.88. The van der Waals surface area contributed by atoms with E-state index in [1.165, 1.54) is 7.11 Å². The van der Waals surface area contributed by atoms with Gasteiger partial charge in [-0.05, 0) is 0 Å². The van der Waals surface area contributed by atoms with Gasteiger partial charge in [0, 0.05) is 12.8 Å².